The molecule has 0 saturated carbocycles. The fourth-order valence-corrected chi connectivity index (χ4v) is 1.11. The van der Waals surface area contributed by atoms with E-state index in [-0.39, 0.29) is 0 Å². The SMILES string of the molecule is [CH2]CN(C(C)C)C(C)C.[Cl][Mg][Cl]. The molecule has 1 nitrogen and oxygen atoms in total. The summed E-state index contributed by atoms with van der Waals surface area (Å²) in [5.41, 5.74) is 0. The summed E-state index contributed by atoms with van der Waals surface area (Å²) in [6.45, 7) is 13.6. The fraction of sp³-hybridized carbons (Fsp3) is 0.875. The maximum Gasteiger partial charge on any atom is 0.618 e. The largest absolute Gasteiger partial charge is 0.618 e. The average Bonchev–Trinajstić information content (AvgIpc) is 1.88. The van der Waals surface area contributed by atoms with Gasteiger partial charge in [0, 0.05) is 12.1 Å². The Balaban J connectivity index is 0. The second-order valence-corrected chi connectivity index (χ2v) is 5.65. The maximum absolute atomic E-state index is 4.90. The van der Waals surface area contributed by atoms with Gasteiger partial charge in [0.15, 0.2) is 0 Å². The minimum atomic E-state index is -0.639. The van der Waals surface area contributed by atoms with Crippen LogP contribution in [-0.4, -0.2) is 41.7 Å². The van der Waals surface area contributed by atoms with E-state index in [2.05, 4.69) is 39.5 Å². The molecule has 0 atom stereocenters. The van der Waals surface area contributed by atoms with Crippen molar-refractivity contribution in [3.05, 3.63) is 6.92 Å². The van der Waals surface area contributed by atoms with Crippen LogP contribution in [0.2, 0.25) is 0 Å². The first-order valence-electron chi connectivity index (χ1n) is 4.18. The Morgan fingerprint density at radius 3 is 1.42 bits per heavy atom. The van der Waals surface area contributed by atoms with Crippen LogP contribution >= 0.6 is 18.1 Å². The van der Waals surface area contributed by atoms with Gasteiger partial charge in [0.25, 0.3) is 0 Å². The van der Waals surface area contributed by atoms with Gasteiger partial charge in [-0.2, -0.15) is 0 Å². The summed E-state index contributed by atoms with van der Waals surface area (Å²) >= 11 is -0.639. The molecule has 4 heteroatoms. The number of rotatable bonds is 3. The molecular formula is C8H18Cl2MgN. The Labute approximate surface area is 94.1 Å². The molecule has 0 spiro atoms. The van der Waals surface area contributed by atoms with Gasteiger partial charge in [-0.25, -0.2) is 0 Å². The molecule has 0 aromatic rings. The molecule has 12 heavy (non-hydrogen) atoms. The lowest BCUT2D eigenvalue weighted by molar-refractivity contribution is 0.195. The van der Waals surface area contributed by atoms with Gasteiger partial charge in [-0.15, -0.1) is 0 Å². The Morgan fingerprint density at radius 1 is 1.17 bits per heavy atom. The first-order chi connectivity index (χ1) is 5.51. The third kappa shape index (κ3) is 9.39. The van der Waals surface area contributed by atoms with E-state index in [0.717, 1.165) is 6.54 Å². The summed E-state index contributed by atoms with van der Waals surface area (Å²) in [7, 11) is 9.81. The van der Waals surface area contributed by atoms with E-state index in [4.69, 9.17) is 18.1 Å². The van der Waals surface area contributed by atoms with Crippen molar-refractivity contribution >= 4 is 36.3 Å². The molecule has 0 rings (SSSR count). The monoisotopic (exact) mass is 222 g/mol. The average molecular weight is 223 g/mol. The first-order valence-corrected chi connectivity index (χ1v) is 8.45. The molecule has 0 N–H and O–H groups in total. The Bertz CT molecular complexity index is 81.1. The molecule has 0 bridgehead atoms. The quantitative estimate of drug-likeness (QED) is 0.665. The van der Waals surface area contributed by atoms with Gasteiger partial charge in [-0.05, 0) is 41.2 Å². The standard InChI is InChI=1S/C8H18N.2ClH.Mg/c1-6-9(7(2)3)8(4)5;;;/h7-8H,1,6H2,2-5H3;2*1H;/q;;;+2/p-2. The molecule has 0 aromatic carbocycles. The third-order valence-electron chi connectivity index (χ3n) is 1.58. The first kappa shape index (κ1) is 15.8. The molecule has 0 heterocycles. The van der Waals surface area contributed by atoms with Crippen molar-refractivity contribution in [1.82, 2.24) is 4.90 Å². The van der Waals surface area contributed by atoms with E-state index in [0.29, 0.717) is 12.1 Å². The van der Waals surface area contributed by atoms with Crippen LogP contribution in [0.15, 0.2) is 0 Å². The minimum Gasteiger partial charge on any atom is -0.309 e. The third-order valence-corrected chi connectivity index (χ3v) is 1.58. The minimum absolute atomic E-state index is 0.627. The molecule has 0 unspecified atom stereocenters. The molecule has 0 aliphatic carbocycles. The van der Waals surface area contributed by atoms with Crippen molar-refractivity contribution in [2.45, 2.75) is 39.8 Å². The predicted octanol–water partition coefficient (Wildman–Crippen LogP) is 2.94. The smallest absolute Gasteiger partial charge is 0.309 e. The number of hydrogen-bond acceptors (Lipinski definition) is 1. The van der Waals surface area contributed by atoms with Crippen LogP contribution in [0, 0.1) is 6.92 Å². The van der Waals surface area contributed by atoms with Crippen molar-refractivity contribution in [2.75, 3.05) is 6.54 Å². The molecule has 0 aromatic heterocycles. The van der Waals surface area contributed by atoms with Gasteiger partial charge in [-0.3, -0.25) is 4.90 Å². The molecular weight excluding hydrogens is 205 g/mol. The molecule has 0 aliphatic heterocycles. The van der Waals surface area contributed by atoms with E-state index < -0.39 is 18.2 Å². The predicted molar refractivity (Wildman–Crippen MR) is 59.8 cm³/mol. The molecule has 0 fully saturated rings. The zero-order valence-electron chi connectivity index (χ0n) is 8.48. The van der Waals surface area contributed by atoms with Crippen LogP contribution in [0.5, 0.6) is 0 Å². The number of nitrogens with zero attached hydrogens (tertiary/aromatic N) is 1. The van der Waals surface area contributed by atoms with E-state index >= 15 is 0 Å². The Kier molecular flexibility index (Phi) is 13.6. The normalized spacial score (nSPS) is 9.83. The van der Waals surface area contributed by atoms with Gasteiger partial charge in [0.1, 0.15) is 0 Å². The zero-order chi connectivity index (χ0) is 10.1. The lowest BCUT2D eigenvalue weighted by Crippen LogP contribution is -2.36. The second-order valence-electron chi connectivity index (χ2n) is 3.03. The van der Waals surface area contributed by atoms with Crippen LogP contribution < -0.4 is 0 Å². The van der Waals surface area contributed by atoms with Crippen LogP contribution in [0.3, 0.4) is 0 Å². The highest BCUT2D eigenvalue weighted by Gasteiger charge is 2.09. The lowest BCUT2D eigenvalue weighted by atomic mass is 10.2. The maximum atomic E-state index is 4.90. The van der Waals surface area contributed by atoms with Crippen molar-refractivity contribution in [2.24, 2.45) is 0 Å². The van der Waals surface area contributed by atoms with Crippen LogP contribution in [-0.2, 0) is 0 Å². The molecule has 0 saturated heterocycles. The van der Waals surface area contributed by atoms with Gasteiger partial charge < -0.3 is 18.1 Å². The molecule has 71 valence electrons. The topological polar surface area (TPSA) is 3.24 Å². The van der Waals surface area contributed by atoms with Crippen LogP contribution in [0.25, 0.3) is 0 Å². The van der Waals surface area contributed by atoms with Crippen molar-refractivity contribution in [1.29, 1.82) is 0 Å². The summed E-state index contributed by atoms with van der Waals surface area (Å²) in [6, 6.07) is 1.25. The summed E-state index contributed by atoms with van der Waals surface area (Å²) < 4.78 is 0. The fourth-order valence-electron chi connectivity index (χ4n) is 1.11. The molecule has 0 aliphatic rings. The van der Waals surface area contributed by atoms with Crippen LogP contribution in [0.1, 0.15) is 27.7 Å². The summed E-state index contributed by atoms with van der Waals surface area (Å²) in [5.74, 6) is 0. The highest BCUT2D eigenvalue weighted by Crippen LogP contribution is 2.02. The van der Waals surface area contributed by atoms with E-state index in [9.17, 15) is 0 Å². The van der Waals surface area contributed by atoms with Gasteiger partial charge in [0.05, 0.1) is 0 Å². The van der Waals surface area contributed by atoms with E-state index in [1.165, 1.54) is 0 Å². The summed E-state index contributed by atoms with van der Waals surface area (Å²) in [6.07, 6.45) is 0. The van der Waals surface area contributed by atoms with E-state index in [1.54, 1.807) is 0 Å². The highest BCUT2D eigenvalue weighted by atomic mass is 35.6. The van der Waals surface area contributed by atoms with Gasteiger partial charge >= 0.3 is 18.2 Å². The van der Waals surface area contributed by atoms with Crippen molar-refractivity contribution in [3.63, 3.8) is 0 Å². The van der Waals surface area contributed by atoms with Crippen molar-refractivity contribution < 1.29 is 0 Å². The van der Waals surface area contributed by atoms with E-state index in [1.807, 2.05) is 0 Å². The Hall–Kier alpha value is 1.31. The lowest BCUT2D eigenvalue weighted by Gasteiger charge is -2.28. The van der Waals surface area contributed by atoms with Crippen molar-refractivity contribution in [3.8, 4) is 0 Å². The Morgan fingerprint density at radius 2 is 1.42 bits per heavy atom. The molecule has 0 amide bonds. The number of hydrogen-bond donors (Lipinski definition) is 0. The summed E-state index contributed by atoms with van der Waals surface area (Å²) in [4.78, 5) is 2.35. The van der Waals surface area contributed by atoms with Gasteiger partial charge in [-0.1, -0.05) is 0 Å². The van der Waals surface area contributed by atoms with Crippen LogP contribution in [0.4, 0.5) is 0 Å². The summed E-state index contributed by atoms with van der Waals surface area (Å²) in [5, 5.41) is 0. The molecule has 1 radical (unpaired) electrons. The zero-order valence-corrected chi connectivity index (χ0v) is 11.4. The van der Waals surface area contributed by atoms with Gasteiger partial charge in [0.2, 0.25) is 0 Å². The second kappa shape index (κ2) is 10.4. The highest BCUT2D eigenvalue weighted by molar-refractivity contribution is 7.22. The number of halogens is 2.